The fourth-order valence-electron chi connectivity index (χ4n) is 4.33. The smallest absolute Gasteiger partial charge is 0.0837 e. The molecule has 0 bridgehead atoms. The molecule has 2 saturated carbocycles. The van der Waals surface area contributed by atoms with Gasteiger partial charge in [0.2, 0.25) is 0 Å². The van der Waals surface area contributed by atoms with Crippen LogP contribution < -0.4 is 0 Å². The summed E-state index contributed by atoms with van der Waals surface area (Å²) in [7, 11) is 0. The average Bonchev–Trinajstić information content (AvgIpc) is 2.80. The van der Waals surface area contributed by atoms with Crippen molar-refractivity contribution in [1.82, 2.24) is 0 Å². The first kappa shape index (κ1) is 27.0. The van der Waals surface area contributed by atoms with E-state index in [2.05, 4.69) is 0 Å². The molecule has 4 atom stereocenters. The van der Waals surface area contributed by atoms with Crippen LogP contribution in [0.5, 0.6) is 0 Å². The van der Waals surface area contributed by atoms with Gasteiger partial charge in [0.05, 0.1) is 77.3 Å². The SMILES string of the molecule is C1CCC2OCCOCCOC3CCCCC3OCCOCCOC2C1.CCOCC. The van der Waals surface area contributed by atoms with Gasteiger partial charge < -0.3 is 33.2 Å². The van der Waals surface area contributed by atoms with Gasteiger partial charge in [0.1, 0.15) is 0 Å². The minimum Gasteiger partial charge on any atom is -0.382 e. The summed E-state index contributed by atoms with van der Waals surface area (Å²) in [6, 6.07) is 0. The van der Waals surface area contributed by atoms with Crippen LogP contribution in [-0.2, 0) is 33.2 Å². The second-order valence-corrected chi connectivity index (χ2v) is 8.21. The Morgan fingerprint density at radius 3 is 1.00 bits per heavy atom. The van der Waals surface area contributed by atoms with Gasteiger partial charge in [0.15, 0.2) is 0 Å². The predicted octanol–water partition coefficient (Wildman–Crippen LogP) is 3.76. The molecule has 0 radical (unpaired) electrons. The molecule has 3 aliphatic rings. The van der Waals surface area contributed by atoms with E-state index in [1.807, 2.05) is 13.8 Å². The van der Waals surface area contributed by atoms with Crippen LogP contribution in [0.2, 0.25) is 0 Å². The summed E-state index contributed by atoms with van der Waals surface area (Å²) in [5.74, 6) is 0. The third-order valence-corrected chi connectivity index (χ3v) is 5.93. The van der Waals surface area contributed by atoms with E-state index in [-0.39, 0.29) is 24.4 Å². The lowest BCUT2D eigenvalue weighted by Gasteiger charge is -2.32. The highest BCUT2D eigenvalue weighted by molar-refractivity contribution is 4.77. The third kappa shape index (κ3) is 11.9. The van der Waals surface area contributed by atoms with Crippen molar-refractivity contribution in [3.63, 3.8) is 0 Å². The van der Waals surface area contributed by atoms with Crippen molar-refractivity contribution in [2.45, 2.75) is 89.6 Å². The second-order valence-electron chi connectivity index (χ2n) is 8.21. The number of ether oxygens (including phenoxy) is 7. The molecular weight excluding hydrogens is 400 g/mol. The summed E-state index contributed by atoms with van der Waals surface area (Å²) < 4.78 is 40.3. The summed E-state index contributed by atoms with van der Waals surface area (Å²) in [6.45, 7) is 10.6. The van der Waals surface area contributed by atoms with Crippen LogP contribution in [0.25, 0.3) is 0 Å². The van der Waals surface area contributed by atoms with Crippen molar-refractivity contribution in [2.24, 2.45) is 0 Å². The summed E-state index contributed by atoms with van der Waals surface area (Å²) in [5.41, 5.74) is 0. The Morgan fingerprint density at radius 2 is 0.774 bits per heavy atom. The molecule has 4 unspecified atom stereocenters. The average molecular weight is 447 g/mol. The molecule has 2 aliphatic carbocycles. The summed E-state index contributed by atoms with van der Waals surface area (Å²) in [4.78, 5) is 0. The third-order valence-electron chi connectivity index (χ3n) is 5.93. The molecule has 0 spiro atoms. The Kier molecular flexibility index (Phi) is 15.8. The maximum Gasteiger partial charge on any atom is 0.0837 e. The van der Waals surface area contributed by atoms with Crippen molar-refractivity contribution in [3.8, 4) is 0 Å². The van der Waals surface area contributed by atoms with E-state index in [1.165, 1.54) is 25.7 Å². The van der Waals surface area contributed by atoms with Gasteiger partial charge in [-0.25, -0.2) is 0 Å². The molecule has 1 heterocycles. The predicted molar refractivity (Wildman–Crippen MR) is 120 cm³/mol. The highest BCUT2D eigenvalue weighted by atomic mass is 16.6. The lowest BCUT2D eigenvalue weighted by molar-refractivity contribution is -0.129. The fourth-order valence-corrected chi connectivity index (χ4v) is 4.33. The monoisotopic (exact) mass is 446 g/mol. The van der Waals surface area contributed by atoms with Crippen LogP contribution in [-0.4, -0.2) is 90.5 Å². The molecule has 3 rings (SSSR count). The van der Waals surface area contributed by atoms with Crippen LogP contribution >= 0.6 is 0 Å². The van der Waals surface area contributed by atoms with E-state index in [0.29, 0.717) is 52.9 Å². The van der Waals surface area contributed by atoms with Gasteiger partial charge in [-0.15, -0.1) is 0 Å². The van der Waals surface area contributed by atoms with Gasteiger partial charge >= 0.3 is 0 Å². The van der Waals surface area contributed by atoms with E-state index in [1.54, 1.807) is 0 Å². The van der Waals surface area contributed by atoms with Crippen LogP contribution in [0.1, 0.15) is 65.2 Å². The second kappa shape index (κ2) is 18.2. The molecule has 184 valence electrons. The Balaban J connectivity index is 0.000000614. The van der Waals surface area contributed by atoms with Crippen molar-refractivity contribution < 1.29 is 33.2 Å². The van der Waals surface area contributed by atoms with Gasteiger partial charge in [0, 0.05) is 13.2 Å². The molecule has 0 aromatic rings. The molecule has 3 fully saturated rings. The Labute approximate surface area is 189 Å². The molecule has 1 aliphatic heterocycles. The molecule has 7 heteroatoms. The molecule has 0 aromatic carbocycles. The summed E-state index contributed by atoms with van der Waals surface area (Å²) in [5, 5.41) is 0. The van der Waals surface area contributed by atoms with E-state index >= 15 is 0 Å². The first-order chi connectivity index (χ1) is 15.3. The zero-order valence-electron chi connectivity index (χ0n) is 19.9. The topological polar surface area (TPSA) is 64.6 Å². The molecular formula is C24H46O7. The maximum atomic E-state index is 6.03. The lowest BCUT2D eigenvalue weighted by atomic mass is 9.94. The zero-order chi connectivity index (χ0) is 22.0. The lowest BCUT2D eigenvalue weighted by Crippen LogP contribution is -2.37. The summed E-state index contributed by atoms with van der Waals surface area (Å²) in [6.07, 6.45) is 9.93. The first-order valence-corrected chi connectivity index (χ1v) is 12.5. The normalized spacial score (nSPS) is 32.3. The molecule has 0 aromatic heterocycles. The number of rotatable bonds is 2. The standard InChI is InChI=1S/C20H36O6.C4H10O/c1-2-6-18-17(5-1)23-13-9-21-11-15-25-19-7-3-4-8-20(19)26-16-12-22-10-14-24-18;1-3-5-4-2/h17-20H,1-16H2;3-4H2,1-2H3. The molecule has 1 saturated heterocycles. The quantitative estimate of drug-likeness (QED) is 0.640. The summed E-state index contributed by atoms with van der Waals surface area (Å²) >= 11 is 0. The van der Waals surface area contributed by atoms with E-state index in [0.717, 1.165) is 38.9 Å². The molecule has 0 N–H and O–H groups in total. The van der Waals surface area contributed by atoms with Crippen molar-refractivity contribution >= 4 is 0 Å². The van der Waals surface area contributed by atoms with Crippen LogP contribution in [0.15, 0.2) is 0 Å². The maximum absolute atomic E-state index is 6.03. The number of hydrogen-bond donors (Lipinski definition) is 0. The Hall–Kier alpha value is -0.280. The minimum atomic E-state index is 0.189. The molecule has 31 heavy (non-hydrogen) atoms. The largest absolute Gasteiger partial charge is 0.382 e. The van der Waals surface area contributed by atoms with Gasteiger partial charge in [-0.2, -0.15) is 0 Å². The van der Waals surface area contributed by atoms with E-state index in [4.69, 9.17) is 33.2 Å². The molecule has 0 amide bonds. The minimum absolute atomic E-state index is 0.189. The van der Waals surface area contributed by atoms with E-state index in [9.17, 15) is 0 Å². The van der Waals surface area contributed by atoms with Crippen molar-refractivity contribution in [3.05, 3.63) is 0 Å². The van der Waals surface area contributed by atoms with Crippen LogP contribution in [0, 0.1) is 0 Å². The first-order valence-electron chi connectivity index (χ1n) is 12.5. The van der Waals surface area contributed by atoms with Gasteiger partial charge in [0.25, 0.3) is 0 Å². The number of fused-ring (bicyclic) bond motifs is 2. The Morgan fingerprint density at radius 1 is 0.484 bits per heavy atom. The van der Waals surface area contributed by atoms with E-state index < -0.39 is 0 Å². The Bertz CT molecular complexity index is 341. The van der Waals surface area contributed by atoms with Gasteiger partial charge in [-0.3, -0.25) is 0 Å². The molecule has 7 nitrogen and oxygen atoms in total. The van der Waals surface area contributed by atoms with Gasteiger partial charge in [-0.05, 0) is 39.5 Å². The van der Waals surface area contributed by atoms with Gasteiger partial charge in [-0.1, -0.05) is 25.7 Å². The number of hydrogen-bond acceptors (Lipinski definition) is 7. The van der Waals surface area contributed by atoms with Crippen molar-refractivity contribution in [1.29, 1.82) is 0 Å². The zero-order valence-corrected chi connectivity index (χ0v) is 19.9. The highest BCUT2D eigenvalue weighted by Crippen LogP contribution is 2.25. The van der Waals surface area contributed by atoms with Crippen LogP contribution in [0.4, 0.5) is 0 Å². The van der Waals surface area contributed by atoms with Crippen molar-refractivity contribution in [2.75, 3.05) is 66.1 Å². The van der Waals surface area contributed by atoms with Crippen LogP contribution in [0.3, 0.4) is 0 Å². The highest BCUT2D eigenvalue weighted by Gasteiger charge is 2.27. The fraction of sp³-hybridized carbons (Fsp3) is 1.00.